The average molecular weight is 468 g/mol. The van der Waals surface area contributed by atoms with Gasteiger partial charge in [-0.15, -0.1) is 0 Å². The van der Waals surface area contributed by atoms with Crippen LogP contribution in [0, 0.1) is 0 Å². The van der Waals surface area contributed by atoms with E-state index in [1.165, 1.54) is 11.8 Å². The molecular weight excluding hydrogens is 446 g/mol. The zero-order valence-electron chi connectivity index (χ0n) is 17.5. The molecule has 0 bridgehead atoms. The van der Waals surface area contributed by atoms with Gasteiger partial charge in [0.15, 0.2) is 5.16 Å². The molecular formula is C22H22ClN7OS. The molecule has 2 aliphatic heterocycles. The Labute approximate surface area is 195 Å². The van der Waals surface area contributed by atoms with Gasteiger partial charge in [0.1, 0.15) is 11.6 Å². The van der Waals surface area contributed by atoms with Crippen LogP contribution in [0.25, 0.3) is 5.57 Å². The van der Waals surface area contributed by atoms with E-state index < -0.39 is 0 Å². The largest absolute Gasteiger partial charge is 0.465 e. The molecule has 0 atom stereocenters. The summed E-state index contributed by atoms with van der Waals surface area (Å²) in [6.07, 6.45) is 3.62. The number of aliphatic imine (C=N–C) groups is 1. The standard InChI is InChI=1S/C22H22ClN7OS/c1-29-7-9-30(10-8-29)21-26-20(25-19-12-15(14-24-19)18-6-3-11-31-18)27-22(28-21)32-17-5-2-4-16(23)13-17/h2-6,11-13H,7-10,14H2,1H3,(H,24,25,26,27,28). The fourth-order valence-electron chi connectivity index (χ4n) is 3.46. The number of piperazine rings is 1. The Hall–Kier alpha value is -2.88. The Balaban J connectivity index is 1.41. The molecule has 1 fully saturated rings. The third kappa shape index (κ3) is 4.95. The third-order valence-electron chi connectivity index (χ3n) is 5.20. The van der Waals surface area contributed by atoms with Crippen molar-refractivity contribution in [2.75, 3.05) is 50.0 Å². The van der Waals surface area contributed by atoms with Crippen molar-refractivity contribution in [3.05, 3.63) is 59.5 Å². The van der Waals surface area contributed by atoms with Gasteiger partial charge in [0.05, 0.1) is 12.8 Å². The molecule has 32 heavy (non-hydrogen) atoms. The predicted octanol–water partition coefficient (Wildman–Crippen LogP) is 3.93. The van der Waals surface area contributed by atoms with Crippen LogP contribution in [-0.4, -0.2) is 65.5 Å². The van der Waals surface area contributed by atoms with Gasteiger partial charge in [0.2, 0.25) is 11.9 Å². The summed E-state index contributed by atoms with van der Waals surface area (Å²) in [7, 11) is 2.12. The molecule has 2 aromatic heterocycles. The zero-order chi connectivity index (χ0) is 21.9. The molecule has 10 heteroatoms. The van der Waals surface area contributed by atoms with Crippen molar-refractivity contribution < 1.29 is 4.42 Å². The lowest BCUT2D eigenvalue weighted by molar-refractivity contribution is 0.311. The van der Waals surface area contributed by atoms with E-state index >= 15 is 0 Å². The number of aromatic nitrogens is 3. The third-order valence-corrected chi connectivity index (χ3v) is 6.29. The van der Waals surface area contributed by atoms with Crippen molar-refractivity contribution in [3.63, 3.8) is 0 Å². The van der Waals surface area contributed by atoms with Crippen LogP contribution in [-0.2, 0) is 0 Å². The van der Waals surface area contributed by atoms with E-state index in [1.54, 1.807) is 6.26 Å². The van der Waals surface area contributed by atoms with Crippen molar-refractivity contribution in [3.8, 4) is 0 Å². The molecule has 0 unspecified atom stereocenters. The van der Waals surface area contributed by atoms with Gasteiger partial charge in [-0.3, -0.25) is 4.99 Å². The van der Waals surface area contributed by atoms with Crippen molar-refractivity contribution in [1.29, 1.82) is 0 Å². The van der Waals surface area contributed by atoms with Crippen molar-refractivity contribution in [2.45, 2.75) is 10.1 Å². The van der Waals surface area contributed by atoms with E-state index in [0.717, 1.165) is 42.4 Å². The molecule has 1 aromatic carbocycles. The first-order valence-electron chi connectivity index (χ1n) is 10.3. The second-order valence-corrected chi connectivity index (χ2v) is 9.04. The predicted molar refractivity (Wildman–Crippen MR) is 128 cm³/mol. The Kier molecular flexibility index (Phi) is 6.11. The minimum Gasteiger partial charge on any atom is -0.465 e. The number of benzene rings is 1. The first-order valence-corrected chi connectivity index (χ1v) is 11.5. The molecule has 0 spiro atoms. The van der Waals surface area contributed by atoms with Gasteiger partial charge in [-0.25, -0.2) is 0 Å². The molecule has 0 radical (unpaired) electrons. The number of nitrogens with one attached hydrogen (secondary N) is 1. The van der Waals surface area contributed by atoms with Gasteiger partial charge < -0.3 is 19.5 Å². The highest BCUT2D eigenvalue weighted by Gasteiger charge is 2.20. The van der Waals surface area contributed by atoms with Gasteiger partial charge >= 0.3 is 0 Å². The normalized spacial score (nSPS) is 16.8. The Morgan fingerprint density at radius 2 is 1.94 bits per heavy atom. The molecule has 0 amide bonds. The van der Waals surface area contributed by atoms with E-state index in [-0.39, 0.29) is 0 Å². The fourth-order valence-corrected chi connectivity index (χ4v) is 4.52. The minimum atomic E-state index is 0.467. The van der Waals surface area contributed by atoms with E-state index in [1.807, 2.05) is 42.5 Å². The number of likely N-dealkylation sites (N-methyl/N-ethyl adjacent to an activating group) is 1. The fraction of sp³-hybridized carbons (Fsp3) is 0.273. The first kappa shape index (κ1) is 21.0. The Morgan fingerprint density at radius 3 is 2.72 bits per heavy atom. The van der Waals surface area contributed by atoms with Gasteiger partial charge in [-0.05, 0) is 55.2 Å². The van der Waals surface area contributed by atoms with Crippen molar-refractivity contribution >= 4 is 46.7 Å². The smallest absolute Gasteiger partial charge is 0.234 e. The highest BCUT2D eigenvalue weighted by atomic mass is 35.5. The van der Waals surface area contributed by atoms with Crippen LogP contribution in [0.5, 0.6) is 0 Å². The SMILES string of the molecule is CN1CCN(c2nc(NC3=NCC(c4ccco4)=C3)nc(Sc3cccc(Cl)c3)n2)CC1. The highest BCUT2D eigenvalue weighted by molar-refractivity contribution is 7.99. The maximum Gasteiger partial charge on any atom is 0.234 e. The van der Waals surface area contributed by atoms with Crippen LogP contribution in [0.3, 0.4) is 0 Å². The average Bonchev–Trinajstić information content (AvgIpc) is 3.46. The lowest BCUT2D eigenvalue weighted by atomic mass is 10.2. The molecule has 0 aliphatic carbocycles. The van der Waals surface area contributed by atoms with Crippen LogP contribution in [0.4, 0.5) is 11.9 Å². The number of hydrogen-bond donors (Lipinski definition) is 1. The molecule has 8 nitrogen and oxygen atoms in total. The number of nitrogens with zero attached hydrogens (tertiary/aromatic N) is 6. The number of hydrogen-bond acceptors (Lipinski definition) is 9. The second kappa shape index (κ2) is 9.32. The lowest BCUT2D eigenvalue weighted by Gasteiger charge is -2.32. The summed E-state index contributed by atoms with van der Waals surface area (Å²) in [6.45, 7) is 4.21. The Morgan fingerprint density at radius 1 is 1.06 bits per heavy atom. The van der Waals surface area contributed by atoms with Crippen molar-refractivity contribution in [2.24, 2.45) is 4.99 Å². The number of anilines is 2. The summed E-state index contributed by atoms with van der Waals surface area (Å²) in [6, 6.07) is 11.5. The molecule has 164 valence electrons. The number of amidine groups is 1. The summed E-state index contributed by atoms with van der Waals surface area (Å²) in [5, 5.41) is 4.53. The molecule has 4 heterocycles. The van der Waals surface area contributed by atoms with Gasteiger partial charge in [-0.1, -0.05) is 17.7 Å². The lowest BCUT2D eigenvalue weighted by Crippen LogP contribution is -2.45. The number of furan rings is 1. The monoisotopic (exact) mass is 467 g/mol. The van der Waals surface area contributed by atoms with E-state index in [0.29, 0.717) is 34.5 Å². The van der Waals surface area contributed by atoms with Crippen molar-refractivity contribution in [1.82, 2.24) is 19.9 Å². The number of rotatable bonds is 5. The highest BCUT2D eigenvalue weighted by Crippen LogP contribution is 2.29. The Bertz CT molecular complexity index is 1160. The number of halogens is 1. The van der Waals surface area contributed by atoms with Crippen LogP contribution >= 0.6 is 23.4 Å². The molecule has 1 saturated heterocycles. The quantitative estimate of drug-likeness (QED) is 0.604. The molecule has 1 N–H and O–H groups in total. The zero-order valence-corrected chi connectivity index (χ0v) is 19.1. The van der Waals surface area contributed by atoms with E-state index in [4.69, 9.17) is 26.0 Å². The summed E-state index contributed by atoms with van der Waals surface area (Å²) in [4.78, 5) is 24.1. The topological polar surface area (TPSA) is 82.7 Å². The molecule has 5 rings (SSSR count). The van der Waals surface area contributed by atoms with Gasteiger partial charge in [-0.2, -0.15) is 15.0 Å². The maximum absolute atomic E-state index is 6.16. The van der Waals surface area contributed by atoms with Crippen LogP contribution < -0.4 is 10.2 Å². The van der Waals surface area contributed by atoms with Crippen LogP contribution in [0.15, 0.2) is 68.2 Å². The van der Waals surface area contributed by atoms with E-state index in [9.17, 15) is 0 Å². The van der Waals surface area contributed by atoms with Gasteiger partial charge in [0, 0.05) is 41.7 Å². The first-order chi connectivity index (χ1) is 15.6. The van der Waals surface area contributed by atoms with Gasteiger partial charge in [0.25, 0.3) is 0 Å². The summed E-state index contributed by atoms with van der Waals surface area (Å²) in [5.41, 5.74) is 1.01. The van der Waals surface area contributed by atoms with Crippen LogP contribution in [0.2, 0.25) is 5.02 Å². The summed E-state index contributed by atoms with van der Waals surface area (Å²) < 4.78 is 5.48. The molecule has 3 aromatic rings. The van der Waals surface area contributed by atoms with E-state index in [2.05, 4.69) is 32.1 Å². The molecule has 2 aliphatic rings. The minimum absolute atomic E-state index is 0.467. The maximum atomic E-state index is 6.16. The summed E-state index contributed by atoms with van der Waals surface area (Å²) in [5.74, 6) is 2.64. The molecule has 0 saturated carbocycles. The second-order valence-electron chi connectivity index (χ2n) is 7.56. The van der Waals surface area contributed by atoms with Crippen LogP contribution in [0.1, 0.15) is 5.76 Å². The summed E-state index contributed by atoms with van der Waals surface area (Å²) >= 11 is 7.61.